The Kier molecular flexibility index (Phi) is 6.54. The smallest absolute Gasteiger partial charge is 0.257 e. The lowest BCUT2D eigenvalue weighted by Gasteiger charge is -2.09. The van der Waals surface area contributed by atoms with E-state index < -0.39 is 30.5 Å². The highest BCUT2D eigenvalue weighted by molar-refractivity contribution is 7.93. The van der Waals surface area contributed by atoms with E-state index in [2.05, 4.69) is 10.3 Å². The fraction of sp³-hybridized carbons (Fsp3) is 0.273. The molecule has 0 aromatic heterocycles. The van der Waals surface area contributed by atoms with Crippen LogP contribution < -0.4 is 11.1 Å². The van der Waals surface area contributed by atoms with Crippen molar-refractivity contribution in [2.45, 2.75) is 9.79 Å². The van der Waals surface area contributed by atoms with Crippen molar-refractivity contribution in [1.29, 1.82) is 0 Å². The molecule has 1 amide bonds. The second-order valence-electron chi connectivity index (χ2n) is 4.27. The predicted molar refractivity (Wildman–Crippen MR) is 84.9 cm³/mol. The van der Waals surface area contributed by atoms with Gasteiger partial charge in [0, 0.05) is 25.1 Å². The van der Waals surface area contributed by atoms with E-state index >= 15 is 0 Å². The monoisotopic (exact) mass is 369 g/mol. The van der Waals surface area contributed by atoms with E-state index in [0.29, 0.717) is 0 Å². The van der Waals surface area contributed by atoms with E-state index in [4.69, 9.17) is 5.73 Å². The summed E-state index contributed by atoms with van der Waals surface area (Å²) in [5.41, 5.74) is 5.29. The van der Waals surface area contributed by atoms with E-state index in [1.54, 1.807) is 0 Å². The van der Waals surface area contributed by atoms with Crippen molar-refractivity contribution in [2.24, 2.45) is 10.7 Å². The standard InChI is InChI=1S/C11H15N3O5S2.ClH/c1-13-11(12)14-10(15)7-4-5-8(20(2,16)17)9(6-7)21(3,18)19;/h4-6H,1-3H3,(H3,12,13,14,15);1H. The predicted octanol–water partition coefficient (Wildman–Crippen LogP) is -0.410. The minimum absolute atomic E-state index is 0. The number of amides is 1. The van der Waals surface area contributed by atoms with Crippen molar-refractivity contribution < 1.29 is 21.6 Å². The minimum Gasteiger partial charge on any atom is -0.370 e. The lowest BCUT2D eigenvalue weighted by Crippen LogP contribution is -2.36. The summed E-state index contributed by atoms with van der Waals surface area (Å²) in [6.07, 6.45) is 1.75. The summed E-state index contributed by atoms with van der Waals surface area (Å²) in [6.45, 7) is 0. The van der Waals surface area contributed by atoms with Crippen LogP contribution in [0.4, 0.5) is 0 Å². The summed E-state index contributed by atoms with van der Waals surface area (Å²) in [7, 11) is -6.21. The van der Waals surface area contributed by atoms with Crippen LogP contribution in [-0.2, 0) is 19.7 Å². The van der Waals surface area contributed by atoms with E-state index in [-0.39, 0.29) is 28.8 Å². The Morgan fingerprint density at radius 3 is 2.00 bits per heavy atom. The molecule has 0 radical (unpaired) electrons. The first-order valence-corrected chi connectivity index (χ1v) is 9.33. The zero-order valence-corrected chi connectivity index (χ0v) is 14.5. The van der Waals surface area contributed by atoms with E-state index in [1.165, 1.54) is 13.1 Å². The fourth-order valence-electron chi connectivity index (χ4n) is 1.49. The Hall–Kier alpha value is -1.65. The molecule has 0 atom stereocenters. The van der Waals surface area contributed by atoms with Crippen molar-refractivity contribution in [2.75, 3.05) is 19.6 Å². The third kappa shape index (κ3) is 4.97. The molecule has 3 N–H and O–H groups in total. The van der Waals surface area contributed by atoms with Gasteiger partial charge in [0.25, 0.3) is 5.91 Å². The highest BCUT2D eigenvalue weighted by Gasteiger charge is 2.22. The quantitative estimate of drug-likeness (QED) is 0.549. The normalized spacial score (nSPS) is 12.4. The largest absolute Gasteiger partial charge is 0.370 e. The first kappa shape index (κ1) is 20.3. The van der Waals surface area contributed by atoms with Crippen LogP contribution >= 0.6 is 12.4 Å². The average molecular weight is 370 g/mol. The van der Waals surface area contributed by atoms with E-state index in [0.717, 1.165) is 24.6 Å². The molecule has 0 aliphatic carbocycles. The molecular formula is C11H16ClN3O5S2. The van der Waals surface area contributed by atoms with E-state index in [1.807, 2.05) is 0 Å². The molecule has 22 heavy (non-hydrogen) atoms. The van der Waals surface area contributed by atoms with Crippen molar-refractivity contribution >= 4 is 43.9 Å². The Bertz CT molecular complexity index is 816. The van der Waals surface area contributed by atoms with Crippen LogP contribution in [0.2, 0.25) is 0 Å². The Balaban J connectivity index is 0.00000441. The second kappa shape index (κ2) is 7.07. The first-order chi connectivity index (χ1) is 9.46. The maximum Gasteiger partial charge on any atom is 0.257 e. The van der Waals surface area contributed by atoms with Crippen LogP contribution in [-0.4, -0.2) is 48.3 Å². The SMILES string of the molecule is CN=C(N)NC(=O)c1ccc(S(C)(=O)=O)c(S(C)(=O)=O)c1.Cl. The van der Waals surface area contributed by atoms with Crippen LogP contribution in [0.1, 0.15) is 10.4 Å². The number of nitrogens with one attached hydrogen (secondary N) is 1. The molecule has 124 valence electrons. The van der Waals surface area contributed by atoms with Gasteiger partial charge >= 0.3 is 0 Å². The lowest BCUT2D eigenvalue weighted by molar-refractivity contribution is 0.0976. The van der Waals surface area contributed by atoms with Crippen LogP contribution in [0.15, 0.2) is 33.0 Å². The Morgan fingerprint density at radius 2 is 1.59 bits per heavy atom. The number of carbonyl (C=O) groups is 1. The van der Waals surface area contributed by atoms with Gasteiger partial charge in [-0.15, -0.1) is 12.4 Å². The number of rotatable bonds is 3. The zero-order valence-electron chi connectivity index (χ0n) is 12.0. The topological polar surface area (TPSA) is 136 Å². The van der Waals surface area contributed by atoms with Gasteiger partial charge in [-0.25, -0.2) is 16.8 Å². The van der Waals surface area contributed by atoms with Gasteiger partial charge in [0.1, 0.15) is 0 Å². The van der Waals surface area contributed by atoms with Crippen molar-refractivity contribution in [1.82, 2.24) is 5.32 Å². The van der Waals surface area contributed by atoms with Gasteiger partial charge in [0.05, 0.1) is 9.79 Å². The summed E-state index contributed by atoms with van der Waals surface area (Å²) in [6, 6.07) is 3.26. The Morgan fingerprint density at radius 1 is 1.09 bits per heavy atom. The summed E-state index contributed by atoms with van der Waals surface area (Å²) in [5, 5.41) is 2.23. The van der Waals surface area contributed by atoms with Gasteiger partial charge in [0.15, 0.2) is 25.6 Å². The molecule has 0 aliphatic rings. The number of guanidine groups is 1. The van der Waals surface area contributed by atoms with Crippen molar-refractivity contribution in [3.05, 3.63) is 23.8 Å². The fourth-order valence-corrected chi connectivity index (χ4v) is 3.91. The van der Waals surface area contributed by atoms with Crippen molar-refractivity contribution in [3.8, 4) is 0 Å². The third-order valence-electron chi connectivity index (χ3n) is 2.49. The second-order valence-corrected chi connectivity index (χ2v) is 8.24. The molecule has 0 bridgehead atoms. The van der Waals surface area contributed by atoms with Crippen LogP contribution in [0, 0.1) is 0 Å². The molecule has 0 spiro atoms. The highest BCUT2D eigenvalue weighted by atomic mass is 35.5. The molecule has 0 saturated carbocycles. The number of benzene rings is 1. The highest BCUT2D eigenvalue weighted by Crippen LogP contribution is 2.22. The zero-order chi connectivity index (χ0) is 16.4. The van der Waals surface area contributed by atoms with Gasteiger partial charge in [0.2, 0.25) is 0 Å². The molecule has 11 heteroatoms. The molecule has 0 heterocycles. The number of hydrogen-bond acceptors (Lipinski definition) is 6. The van der Waals surface area contributed by atoms with E-state index in [9.17, 15) is 21.6 Å². The van der Waals surface area contributed by atoms with Crippen molar-refractivity contribution in [3.63, 3.8) is 0 Å². The number of halogens is 1. The van der Waals surface area contributed by atoms with Gasteiger partial charge in [-0.1, -0.05) is 0 Å². The molecule has 0 aliphatic heterocycles. The molecule has 1 aromatic carbocycles. The number of carbonyl (C=O) groups excluding carboxylic acids is 1. The molecule has 0 fully saturated rings. The molecular weight excluding hydrogens is 354 g/mol. The summed E-state index contributed by atoms with van der Waals surface area (Å²) in [4.78, 5) is 14.6. The molecule has 0 saturated heterocycles. The summed E-state index contributed by atoms with van der Waals surface area (Å²) < 4.78 is 46.6. The number of nitrogens with two attached hydrogens (primary N) is 1. The molecule has 1 rings (SSSR count). The van der Waals surface area contributed by atoms with Gasteiger partial charge in [-0.05, 0) is 18.2 Å². The van der Waals surface area contributed by atoms with Gasteiger partial charge in [-0.2, -0.15) is 0 Å². The molecule has 0 unspecified atom stereocenters. The maximum atomic E-state index is 11.8. The van der Waals surface area contributed by atoms with Crippen LogP contribution in [0.25, 0.3) is 0 Å². The first-order valence-electron chi connectivity index (χ1n) is 5.54. The lowest BCUT2D eigenvalue weighted by atomic mass is 10.2. The minimum atomic E-state index is -3.83. The molecule has 1 aromatic rings. The summed E-state index contributed by atoms with van der Waals surface area (Å²) in [5.74, 6) is -0.837. The molecule has 8 nitrogen and oxygen atoms in total. The number of hydrogen-bond donors (Lipinski definition) is 2. The van der Waals surface area contributed by atoms with Gasteiger partial charge < -0.3 is 5.73 Å². The average Bonchev–Trinajstić information content (AvgIpc) is 2.35. The number of aliphatic imine (C=N–C) groups is 1. The van der Waals surface area contributed by atoms with Gasteiger partial charge in [-0.3, -0.25) is 15.1 Å². The Labute approximate surface area is 135 Å². The third-order valence-corrected chi connectivity index (χ3v) is 4.91. The summed E-state index contributed by atoms with van der Waals surface area (Å²) >= 11 is 0. The number of sulfone groups is 2. The number of nitrogens with zero attached hydrogens (tertiary/aromatic N) is 1. The van der Waals surface area contributed by atoms with Crippen LogP contribution in [0.5, 0.6) is 0 Å². The van der Waals surface area contributed by atoms with Crippen LogP contribution in [0.3, 0.4) is 0 Å². The maximum absolute atomic E-state index is 11.8.